The van der Waals surface area contributed by atoms with Crippen molar-refractivity contribution < 1.29 is 9.50 Å². The third kappa shape index (κ3) is 3.05. The van der Waals surface area contributed by atoms with E-state index >= 15 is 0 Å². The first-order chi connectivity index (χ1) is 11.8. The van der Waals surface area contributed by atoms with E-state index in [1.54, 1.807) is 44.4 Å². The number of thiocarbonyl (C=S) groups is 1. The zero-order valence-corrected chi connectivity index (χ0v) is 15.9. The number of anilines is 1. The molecule has 0 aliphatic rings. The second kappa shape index (κ2) is 6.57. The summed E-state index contributed by atoms with van der Waals surface area (Å²) >= 11 is 8.78. The van der Waals surface area contributed by atoms with E-state index < -0.39 is 11.4 Å². The largest absolute Gasteiger partial charge is 0.506 e. The van der Waals surface area contributed by atoms with Crippen LogP contribution in [0.2, 0.25) is 0 Å². The molecule has 3 aromatic rings. The van der Waals surface area contributed by atoms with Crippen LogP contribution in [0.1, 0.15) is 5.56 Å². The Morgan fingerprint density at radius 3 is 2.68 bits per heavy atom. The van der Waals surface area contributed by atoms with Gasteiger partial charge in [0.1, 0.15) is 22.1 Å². The fraction of sp³-hybridized carbons (Fsp3) is 0.111. The van der Waals surface area contributed by atoms with Gasteiger partial charge in [-0.1, -0.05) is 34.2 Å². The van der Waals surface area contributed by atoms with Crippen molar-refractivity contribution in [1.82, 2.24) is 4.57 Å². The van der Waals surface area contributed by atoms with Crippen LogP contribution in [0.4, 0.5) is 10.1 Å². The van der Waals surface area contributed by atoms with Gasteiger partial charge in [-0.3, -0.25) is 4.79 Å². The van der Waals surface area contributed by atoms with Crippen molar-refractivity contribution in [3.63, 3.8) is 0 Å². The van der Waals surface area contributed by atoms with Crippen LogP contribution in [0.15, 0.2) is 51.7 Å². The van der Waals surface area contributed by atoms with E-state index in [2.05, 4.69) is 15.9 Å². The molecule has 0 aliphatic carbocycles. The Morgan fingerprint density at radius 1 is 1.28 bits per heavy atom. The predicted octanol–water partition coefficient (Wildman–Crippen LogP) is 3.96. The van der Waals surface area contributed by atoms with Crippen molar-refractivity contribution >= 4 is 49.7 Å². The molecule has 128 valence electrons. The van der Waals surface area contributed by atoms with E-state index in [4.69, 9.17) is 12.2 Å². The minimum absolute atomic E-state index is 0.00913. The van der Waals surface area contributed by atoms with Crippen LogP contribution in [-0.4, -0.2) is 21.7 Å². The van der Waals surface area contributed by atoms with Crippen LogP contribution in [0, 0.1) is 5.82 Å². The molecule has 0 saturated carbocycles. The van der Waals surface area contributed by atoms with Crippen molar-refractivity contribution in [2.45, 2.75) is 0 Å². The molecule has 0 atom stereocenters. The van der Waals surface area contributed by atoms with Gasteiger partial charge in [-0.2, -0.15) is 0 Å². The Balaban J connectivity index is 2.21. The highest BCUT2D eigenvalue weighted by atomic mass is 79.9. The minimum atomic E-state index is -0.416. The fourth-order valence-electron chi connectivity index (χ4n) is 2.67. The monoisotopic (exact) mass is 420 g/mol. The average Bonchev–Trinajstić information content (AvgIpc) is 2.59. The summed E-state index contributed by atoms with van der Waals surface area (Å²) in [6, 6.07) is 11.1. The minimum Gasteiger partial charge on any atom is -0.506 e. The van der Waals surface area contributed by atoms with E-state index in [0.29, 0.717) is 16.6 Å². The molecule has 0 aliphatic heterocycles. The van der Waals surface area contributed by atoms with E-state index in [1.165, 1.54) is 21.6 Å². The Bertz CT molecular complexity index is 1060. The molecule has 1 N–H and O–H groups in total. The normalized spacial score (nSPS) is 10.9. The first kappa shape index (κ1) is 17.6. The second-order valence-corrected chi connectivity index (χ2v) is 6.90. The zero-order chi connectivity index (χ0) is 18.3. The number of halogens is 2. The standard InChI is InChI=1S/C18H14BrFN2O2S/c1-21(12-5-3-4-11(20)9-12)18(25)15-16(23)13-8-10(19)6-7-14(13)22(2)17(15)24/h3-9,23H,1-2H3. The molecule has 0 unspecified atom stereocenters. The summed E-state index contributed by atoms with van der Waals surface area (Å²) in [5.41, 5.74) is 0.668. The number of nitrogens with zero attached hydrogens (tertiary/aromatic N) is 2. The molecule has 2 aromatic carbocycles. The predicted molar refractivity (Wildman–Crippen MR) is 105 cm³/mol. The van der Waals surface area contributed by atoms with Gasteiger partial charge in [0, 0.05) is 29.6 Å². The first-order valence-corrected chi connectivity index (χ1v) is 8.56. The van der Waals surface area contributed by atoms with Crippen LogP contribution in [-0.2, 0) is 7.05 Å². The van der Waals surface area contributed by atoms with Crippen molar-refractivity contribution in [2.75, 3.05) is 11.9 Å². The number of hydrogen-bond donors (Lipinski definition) is 1. The molecular weight excluding hydrogens is 407 g/mol. The summed E-state index contributed by atoms with van der Waals surface area (Å²) < 4.78 is 15.7. The number of aromatic nitrogens is 1. The number of fused-ring (bicyclic) bond motifs is 1. The van der Waals surface area contributed by atoms with Gasteiger partial charge in [-0.15, -0.1) is 0 Å². The lowest BCUT2D eigenvalue weighted by molar-refractivity contribution is 0.478. The molecule has 0 amide bonds. The Hall–Kier alpha value is -2.25. The third-order valence-electron chi connectivity index (χ3n) is 4.04. The van der Waals surface area contributed by atoms with E-state index in [1.807, 2.05) is 0 Å². The molecule has 25 heavy (non-hydrogen) atoms. The number of aromatic hydroxyl groups is 1. The molecule has 1 heterocycles. The first-order valence-electron chi connectivity index (χ1n) is 7.36. The van der Waals surface area contributed by atoms with Crippen LogP contribution in [0.25, 0.3) is 10.9 Å². The molecule has 0 fully saturated rings. The summed E-state index contributed by atoms with van der Waals surface area (Å²) in [7, 11) is 3.24. The van der Waals surface area contributed by atoms with Crippen LogP contribution in [0.3, 0.4) is 0 Å². The zero-order valence-electron chi connectivity index (χ0n) is 13.5. The van der Waals surface area contributed by atoms with Crippen molar-refractivity contribution in [3.05, 3.63) is 68.7 Å². The van der Waals surface area contributed by atoms with E-state index in [-0.39, 0.29) is 16.3 Å². The van der Waals surface area contributed by atoms with Gasteiger partial charge in [-0.05, 0) is 36.4 Å². The molecule has 0 bridgehead atoms. The lowest BCUT2D eigenvalue weighted by Gasteiger charge is -2.22. The number of pyridine rings is 1. The molecule has 0 saturated heterocycles. The molecule has 3 rings (SSSR count). The van der Waals surface area contributed by atoms with Gasteiger partial charge in [-0.25, -0.2) is 4.39 Å². The molecule has 1 aromatic heterocycles. The van der Waals surface area contributed by atoms with E-state index in [0.717, 1.165) is 4.47 Å². The maximum Gasteiger partial charge on any atom is 0.264 e. The highest BCUT2D eigenvalue weighted by Gasteiger charge is 2.22. The number of hydrogen-bond acceptors (Lipinski definition) is 3. The Labute approximate surface area is 157 Å². The van der Waals surface area contributed by atoms with Gasteiger partial charge in [0.15, 0.2) is 0 Å². The Kier molecular flexibility index (Phi) is 4.62. The fourth-order valence-corrected chi connectivity index (χ4v) is 3.32. The average molecular weight is 421 g/mol. The number of aryl methyl sites for hydroxylation is 1. The smallest absolute Gasteiger partial charge is 0.264 e. The summed E-state index contributed by atoms with van der Waals surface area (Å²) in [4.78, 5) is 14.4. The van der Waals surface area contributed by atoms with Gasteiger partial charge < -0.3 is 14.6 Å². The number of benzene rings is 2. The van der Waals surface area contributed by atoms with Gasteiger partial charge in [0.05, 0.1) is 5.52 Å². The number of rotatable bonds is 2. The molecule has 0 spiro atoms. The molecular formula is C18H14BrFN2O2S. The SMILES string of the molecule is CN(C(=S)c1c(O)c2cc(Br)ccc2n(C)c1=O)c1cccc(F)c1. The molecule has 7 heteroatoms. The molecule has 4 nitrogen and oxygen atoms in total. The lowest BCUT2D eigenvalue weighted by atomic mass is 10.1. The Morgan fingerprint density at radius 2 is 2.00 bits per heavy atom. The van der Waals surface area contributed by atoms with Gasteiger partial charge in [0.25, 0.3) is 5.56 Å². The maximum absolute atomic E-state index is 13.5. The van der Waals surface area contributed by atoms with Gasteiger partial charge in [0.2, 0.25) is 0 Å². The summed E-state index contributed by atoms with van der Waals surface area (Å²) in [6.07, 6.45) is 0. The van der Waals surface area contributed by atoms with Gasteiger partial charge >= 0.3 is 0 Å². The second-order valence-electron chi connectivity index (χ2n) is 5.59. The lowest BCUT2D eigenvalue weighted by Crippen LogP contribution is -2.33. The van der Waals surface area contributed by atoms with Crippen LogP contribution >= 0.6 is 28.1 Å². The van der Waals surface area contributed by atoms with Crippen molar-refractivity contribution in [3.8, 4) is 5.75 Å². The van der Waals surface area contributed by atoms with Crippen molar-refractivity contribution in [2.24, 2.45) is 7.05 Å². The summed E-state index contributed by atoms with van der Waals surface area (Å²) in [5, 5.41) is 11.2. The topological polar surface area (TPSA) is 45.5 Å². The summed E-state index contributed by atoms with van der Waals surface area (Å²) in [6.45, 7) is 0. The maximum atomic E-state index is 13.5. The highest BCUT2D eigenvalue weighted by molar-refractivity contribution is 9.10. The van der Waals surface area contributed by atoms with Crippen LogP contribution < -0.4 is 10.5 Å². The quantitative estimate of drug-likeness (QED) is 0.637. The van der Waals surface area contributed by atoms with E-state index in [9.17, 15) is 14.3 Å². The summed E-state index contributed by atoms with van der Waals surface area (Å²) in [5.74, 6) is -0.598. The third-order valence-corrected chi connectivity index (χ3v) is 5.02. The van der Waals surface area contributed by atoms with Crippen molar-refractivity contribution in [1.29, 1.82) is 0 Å². The van der Waals surface area contributed by atoms with Crippen LogP contribution in [0.5, 0.6) is 5.75 Å². The molecule has 0 radical (unpaired) electrons. The highest BCUT2D eigenvalue weighted by Crippen LogP contribution is 2.30.